The maximum atomic E-state index is 5.41. The number of rotatable bonds is 6. The highest BCUT2D eigenvalue weighted by Gasteiger charge is 2.13. The molecule has 1 aromatic rings. The van der Waals surface area contributed by atoms with Crippen LogP contribution < -0.4 is 21.4 Å². The Morgan fingerprint density at radius 1 is 1.16 bits per heavy atom. The largest absolute Gasteiger partial charge is 0.463 e. The normalized spacial score (nSPS) is 16.1. The van der Waals surface area contributed by atoms with Crippen LogP contribution >= 0.6 is 0 Å². The van der Waals surface area contributed by atoms with E-state index < -0.39 is 0 Å². The molecule has 1 aliphatic rings. The molecule has 0 aliphatic carbocycles. The van der Waals surface area contributed by atoms with Gasteiger partial charge in [-0.3, -0.25) is 10.9 Å². The van der Waals surface area contributed by atoms with E-state index in [0.29, 0.717) is 18.5 Å². The number of ether oxygens (including phenoxy) is 1. The molecule has 8 nitrogen and oxygen atoms in total. The van der Waals surface area contributed by atoms with Crippen molar-refractivity contribution < 1.29 is 4.74 Å². The molecule has 0 atom stereocenters. The van der Waals surface area contributed by atoms with Gasteiger partial charge < -0.3 is 4.74 Å². The van der Waals surface area contributed by atoms with Crippen LogP contribution in [0.15, 0.2) is 0 Å². The van der Waals surface area contributed by atoms with E-state index in [1.165, 1.54) is 19.3 Å². The molecule has 106 valence electrons. The molecule has 2 rings (SSSR count). The minimum atomic E-state index is 0.282. The standard InChI is InChI=1S/C11H21N7O/c1-2-8-19-11-14-9(16-12)13-10(15-11)17-18-6-4-3-5-7-18/h2-8,12H2,1H3,(H2,13,14,15,16,17). The lowest BCUT2D eigenvalue weighted by Crippen LogP contribution is -2.35. The summed E-state index contributed by atoms with van der Waals surface area (Å²) in [6, 6.07) is 0.282. The van der Waals surface area contributed by atoms with Gasteiger partial charge in [0.15, 0.2) is 0 Å². The lowest BCUT2D eigenvalue weighted by Gasteiger charge is -2.26. The first-order valence-corrected chi connectivity index (χ1v) is 6.69. The second-order valence-corrected chi connectivity index (χ2v) is 4.42. The van der Waals surface area contributed by atoms with Gasteiger partial charge in [0.05, 0.1) is 6.61 Å². The lowest BCUT2D eigenvalue weighted by atomic mass is 10.2. The van der Waals surface area contributed by atoms with Crippen LogP contribution in [0.4, 0.5) is 11.9 Å². The number of nitrogen functional groups attached to an aromatic ring is 1. The predicted molar refractivity (Wildman–Crippen MR) is 72.5 cm³/mol. The number of hydrogen-bond acceptors (Lipinski definition) is 8. The fourth-order valence-corrected chi connectivity index (χ4v) is 1.88. The molecule has 1 aromatic heterocycles. The second kappa shape index (κ2) is 7.05. The Morgan fingerprint density at radius 3 is 2.58 bits per heavy atom. The summed E-state index contributed by atoms with van der Waals surface area (Å²) in [5.41, 5.74) is 5.59. The molecule has 0 aromatic carbocycles. The zero-order valence-corrected chi connectivity index (χ0v) is 11.2. The number of nitrogens with one attached hydrogen (secondary N) is 2. The first kappa shape index (κ1) is 13.8. The van der Waals surface area contributed by atoms with Gasteiger partial charge in [-0.1, -0.05) is 13.3 Å². The SMILES string of the molecule is CCCOc1nc(NN)nc(NN2CCCCC2)n1. The molecule has 8 heteroatoms. The van der Waals surface area contributed by atoms with Crippen molar-refractivity contribution in [3.8, 4) is 6.01 Å². The number of hydrazine groups is 2. The molecular formula is C11H21N7O. The smallest absolute Gasteiger partial charge is 0.323 e. The number of anilines is 2. The maximum Gasteiger partial charge on any atom is 0.323 e. The molecule has 0 radical (unpaired) electrons. The van der Waals surface area contributed by atoms with Gasteiger partial charge in [-0.25, -0.2) is 10.9 Å². The number of nitrogens with zero attached hydrogens (tertiary/aromatic N) is 4. The van der Waals surface area contributed by atoms with Crippen molar-refractivity contribution in [3.05, 3.63) is 0 Å². The highest BCUT2D eigenvalue weighted by Crippen LogP contribution is 2.14. The number of nitrogens with two attached hydrogens (primary N) is 1. The van der Waals surface area contributed by atoms with Gasteiger partial charge in [0.1, 0.15) is 0 Å². The summed E-state index contributed by atoms with van der Waals surface area (Å²) in [5, 5.41) is 2.10. The highest BCUT2D eigenvalue weighted by atomic mass is 16.5. The monoisotopic (exact) mass is 267 g/mol. The molecule has 19 heavy (non-hydrogen) atoms. The van der Waals surface area contributed by atoms with Gasteiger partial charge in [0.25, 0.3) is 0 Å². The molecule has 1 fully saturated rings. The molecule has 0 unspecified atom stereocenters. The summed E-state index contributed by atoms with van der Waals surface area (Å²) in [6.45, 7) is 4.57. The van der Waals surface area contributed by atoms with Crippen LogP contribution in [0.3, 0.4) is 0 Å². The average molecular weight is 267 g/mol. The van der Waals surface area contributed by atoms with Crippen LogP contribution in [0.5, 0.6) is 6.01 Å². The van der Waals surface area contributed by atoms with E-state index >= 15 is 0 Å². The third-order valence-electron chi connectivity index (χ3n) is 2.79. The van der Waals surface area contributed by atoms with E-state index in [4.69, 9.17) is 10.6 Å². The molecule has 0 saturated carbocycles. The molecule has 0 spiro atoms. The van der Waals surface area contributed by atoms with Crippen molar-refractivity contribution in [3.63, 3.8) is 0 Å². The summed E-state index contributed by atoms with van der Waals surface area (Å²) < 4.78 is 5.41. The van der Waals surface area contributed by atoms with Gasteiger partial charge in [0.2, 0.25) is 11.9 Å². The first-order chi connectivity index (χ1) is 9.31. The Bertz CT molecular complexity index is 395. The fourth-order valence-electron chi connectivity index (χ4n) is 1.88. The minimum Gasteiger partial charge on any atom is -0.463 e. The van der Waals surface area contributed by atoms with E-state index in [9.17, 15) is 0 Å². The van der Waals surface area contributed by atoms with Crippen molar-refractivity contribution >= 4 is 11.9 Å². The maximum absolute atomic E-state index is 5.41. The quantitative estimate of drug-likeness (QED) is 0.513. The van der Waals surface area contributed by atoms with Crippen molar-refractivity contribution in [1.29, 1.82) is 0 Å². The molecule has 2 heterocycles. The van der Waals surface area contributed by atoms with Crippen molar-refractivity contribution in [2.45, 2.75) is 32.6 Å². The van der Waals surface area contributed by atoms with Crippen LogP contribution in [0.2, 0.25) is 0 Å². The van der Waals surface area contributed by atoms with E-state index in [2.05, 4.69) is 30.8 Å². The summed E-state index contributed by atoms with van der Waals surface area (Å²) >= 11 is 0. The summed E-state index contributed by atoms with van der Waals surface area (Å²) in [5.74, 6) is 6.10. The topological polar surface area (TPSA) is 101 Å². The third kappa shape index (κ3) is 4.18. The third-order valence-corrected chi connectivity index (χ3v) is 2.79. The van der Waals surface area contributed by atoms with Crippen LogP contribution in [0.1, 0.15) is 32.6 Å². The molecular weight excluding hydrogens is 246 g/mol. The van der Waals surface area contributed by atoms with Crippen LogP contribution in [-0.4, -0.2) is 39.7 Å². The fraction of sp³-hybridized carbons (Fsp3) is 0.727. The Morgan fingerprint density at radius 2 is 1.89 bits per heavy atom. The van der Waals surface area contributed by atoms with E-state index in [1.54, 1.807) is 0 Å². The number of hydrogen-bond donors (Lipinski definition) is 3. The molecule has 4 N–H and O–H groups in total. The first-order valence-electron chi connectivity index (χ1n) is 6.69. The van der Waals surface area contributed by atoms with E-state index in [-0.39, 0.29) is 6.01 Å². The molecule has 0 amide bonds. The predicted octanol–water partition coefficient (Wildman–Crippen LogP) is 0.759. The van der Waals surface area contributed by atoms with Gasteiger partial charge in [0, 0.05) is 13.1 Å². The molecule has 1 aliphatic heterocycles. The van der Waals surface area contributed by atoms with E-state index in [0.717, 1.165) is 19.5 Å². The molecule has 0 bridgehead atoms. The van der Waals surface area contributed by atoms with Crippen LogP contribution in [-0.2, 0) is 0 Å². The zero-order valence-electron chi connectivity index (χ0n) is 11.2. The van der Waals surface area contributed by atoms with Gasteiger partial charge >= 0.3 is 6.01 Å². The summed E-state index contributed by atoms with van der Waals surface area (Å²) in [4.78, 5) is 12.4. The van der Waals surface area contributed by atoms with Gasteiger partial charge in [-0.05, 0) is 19.3 Å². The Labute approximate surface area is 112 Å². The van der Waals surface area contributed by atoms with Crippen LogP contribution in [0.25, 0.3) is 0 Å². The summed E-state index contributed by atoms with van der Waals surface area (Å²) in [6.07, 6.45) is 4.53. The minimum absolute atomic E-state index is 0.282. The number of aromatic nitrogens is 3. The van der Waals surface area contributed by atoms with Gasteiger partial charge in [-0.2, -0.15) is 15.0 Å². The Kier molecular flexibility index (Phi) is 5.10. The number of piperidine rings is 1. The molecule has 1 saturated heterocycles. The lowest BCUT2D eigenvalue weighted by molar-refractivity contribution is 0.267. The van der Waals surface area contributed by atoms with Crippen molar-refractivity contribution in [2.75, 3.05) is 30.5 Å². The van der Waals surface area contributed by atoms with E-state index in [1.807, 2.05) is 6.92 Å². The van der Waals surface area contributed by atoms with Gasteiger partial charge in [-0.15, -0.1) is 0 Å². The average Bonchev–Trinajstić information content (AvgIpc) is 2.46. The Hall–Kier alpha value is -1.67. The summed E-state index contributed by atoms with van der Waals surface area (Å²) in [7, 11) is 0. The van der Waals surface area contributed by atoms with Crippen LogP contribution in [0, 0.1) is 0 Å². The Balaban J connectivity index is 2.04. The zero-order chi connectivity index (χ0) is 13.5. The van der Waals surface area contributed by atoms with Crippen molar-refractivity contribution in [2.24, 2.45) is 5.84 Å². The van der Waals surface area contributed by atoms with Crippen molar-refractivity contribution in [1.82, 2.24) is 20.0 Å². The second-order valence-electron chi connectivity index (χ2n) is 4.42. The highest BCUT2D eigenvalue weighted by molar-refractivity contribution is 5.34.